The summed E-state index contributed by atoms with van der Waals surface area (Å²) >= 11 is 6.26. The van der Waals surface area contributed by atoms with Crippen LogP contribution in [0.4, 0.5) is 4.79 Å². The first-order valence-electron chi connectivity index (χ1n) is 10.1. The van der Waals surface area contributed by atoms with Crippen molar-refractivity contribution in [2.75, 3.05) is 13.2 Å². The molecule has 1 amide bonds. The number of carbonyl (C=O) groups excluding carboxylic acids is 1. The van der Waals surface area contributed by atoms with Crippen molar-refractivity contribution in [3.8, 4) is 11.1 Å². The van der Waals surface area contributed by atoms with E-state index in [-0.39, 0.29) is 5.92 Å². The molecular weight excluding hydrogens is 410 g/mol. The van der Waals surface area contributed by atoms with E-state index >= 15 is 0 Å². The van der Waals surface area contributed by atoms with E-state index in [0.717, 1.165) is 16.6 Å². The van der Waals surface area contributed by atoms with Crippen LogP contribution >= 0.6 is 11.6 Å². The Hall–Kier alpha value is -3.57. The molecule has 2 N–H and O–H groups in total. The Balaban J connectivity index is 1.20. The van der Waals surface area contributed by atoms with Crippen molar-refractivity contribution in [1.29, 1.82) is 0 Å². The summed E-state index contributed by atoms with van der Waals surface area (Å²) in [6.07, 6.45) is 6.81. The molecule has 0 atom stereocenters. The van der Waals surface area contributed by atoms with E-state index in [1.165, 1.54) is 22.3 Å². The van der Waals surface area contributed by atoms with Crippen molar-refractivity contribution in [2.24, 2.45) is 0 Å². The molecule has 154 valence electrons. The van der Waals surface area contributed by atoms with Crippen molar-refractivity contribution in [2.45, 2.75) is 5.92 Å². The number of benzene rings is 2. The number of nitrogens with zero attached hydrogens (tertiary/aromatic N) is 1. The third kappa shape index (κ3) is 3.68. The molecule has 2 aromatic carbocycles. The quantitative estimate of drug-likeness (QED) is 0.423. The molecule has 1 aliphatic carbocycles. The largest absolute Gasteiger partial charge is 0.449 e. The lowest BCUT2D eigenvalue weighted by atomic mass is 9.98. The van der Waals surface area contributed by atoms with Crippen LogP contribution in [0, 0.1) is 0 Å². The number of halogens is 1. The zero-order valence-electron chi connectivity index (χ0n) is 16.6. The van der Waals surface area contributed by atoms with Crippen LogP contribution in [0.15, 0.2) is 73.1 Å². The number of carbonyl (C=O) groups is 1. The number of nitrogens with one attached hydrogen (secondary N) is 2. The van der Waals surface area contributed by atoms with E-state index in [1.54, 1.807) is 12.3 Å². The number of ether oxygens (including phenoxy) is 1. The maximum atomic E-state index is 12.2. The van der Waals surface area contributed by atoms with Gasteiger partial charge in [0, 0.05) is 35.8 Å². The third-order valence-corrected chi connectivity index (χ3v) is 5.87. The van der Waals surface area contributed by atoms with Gasteiger partial charge < -0.3 is 15.0 Å². The van der Waals surface area contributed by atoms with E-state index < -0.39 is 6.09 Å². The molecule has 4 aromatic rings. The number of aromatic nitrogens is 2. The second kappa shape index (κ2) is 8.28. The van der Waals surface area contributed by atoms with E-state index in [0.29, 0.717) is 18.2 Å². The molecule has 5 rings (SSSR count). The summed E-state index contributed by atoms with van der Waals surface area (Å²) in [7, 11) is 0. The van der Waals surface area contributed by atoms with Crippen LogP contribution in [-0.2, 0) is 4.74 Å². The fourth-order valence-corrected chi connectivity index (χ4v) is 4.40. The highest BCUT2D eigenvalue weighted by Gasteiger charge is 2.28. The molecule has 0 fully saturated rings. The predicted octanol–water partition coefficient (Wildman–Crippen LogP) is 5.77. The molecule has 0 saturated carbocycles. The summed E-state index contributed by atoms with van der Waals surface area (Å²) in [5, 5.41) is 4.27. The van der Waals surface area contributed by atoms with E-state index in [2.05, 4.69) is 39.6 Å². The Morgan fingerprint density at radius 3 is 2.55 bits per heavy atom. The van der Waals surface area contributed by atoms with Crippen molar-refractivity contribution in [3.05, 3.63) is 94.8 Å². The third-order valence-electron chi connectivity index (χ3n) is 5.56. The second-order valence-electron chi connectivity index (χ2n) is 7.37. The maximum Gasteiger partial charge on any atom is 0.407 e. The number of aromatic amines is 1. The Morgan fingerprint density at radius 2 is 1.81 bits per heavy atom. The monoisotopic (exact) mass is 429 g/mol. The molecule has 6 heteroatoms. The first-order valence-corrected chi connectivity index (χ1v) is 10.5. The second-order valence-corrected chi connectivity index (χ2v) is 7.78. The van der Waals surface area contributed by atoms with Gasteiger partial charge in [0.05, 0.1) is 5.02 Å². The lowest BCUT2D eigenvalue weighted by Crippen LogP contribution is -2.26. The summed E-state index contributed by atoms with van der Waals surface area (Å²) in [5.74, 6) is 0.0505. The first-order chi connectivity index (χ1) is 15.2. The zero-order chi connectivity index (χ0) is 21.2. The summed E-state index contributed by atoms with van der Waals surface area (Å²) < 4.78 is 5.55. The van der Waals surface area contributed by atoms with Gasteiger partial charge in [-0.2, -0.15) is 0 Å². The van der Waals surface area contributed by atoms with Gasteiger partial charge in [-0.05, 0) is 28.3 Å². The fourth-order valence-electron chi connectivity index (χ4n) is 4.15. The minimum atomic E-state index is -0.440. The molecular formula is C25H20ClN3O2. The number of rotatable bonds is 5. The van der Waals surface area contributed by atoms with Crippen LogP contribution in [-0.4, -0.2) is 29.2 Å². The minimum Gasteiger partial charge on any atom is -0.449 e. The lowest BCUT2D eigenvalue weighted by Gasteiger charge is -2.14. The Labute approximate surface area is 184 Å². The number of hydrogen-bond acceptors (Lipinski definition) is 3. The van der Waals surface area contributed by atoms with E-state index in [9.17, 15) is 4.79 Å². The van der Waals surface area contributed by atoms with E-state index in [4.69, 9.17) is 16.3 Å². The van der Waals surface area contributed by atoms with Gasteiger partial charge in [0.2, 0.25) is 0 Å². The normalized spacial score (nSPS) is 12.8. The van der Waals surface area contributed by atoms with Gasteiger partial charge >= 0.3 is 6.09 Å². The number of pyridine rings is 1. The molecule has 0 spiro atoms. The topological polar surface area (TPSA) is 67.0 Å². The van der Waals surface area contributed by atoms with Crippen molar-refractivity contribution in [1.82, 2.24) is 15.3 Å². The summed E-state index contributed by atoms with van der Waals surface area (Å²) in [6.45, 7) is 0.647. The van der Waals surface area contributed by atoms with Gasteiger partial charge in [-0.15, -0.1) is 0 Å². The number of fused-ring (bicyclic) bond motifs is 4. The lowest BCUT2D eigenvalue weighted by molar-refractivity contribution is 0.144. The summed E-state index contributed by atoms with van der Waals surface area (Å²) in [5.41, 5.74) is 6.46. The minimum absolute atomic E-state index is 0.0505. The van der Waals surface area contributed by atoms with Gasteiger partial charge in [0.15, 0.2) is 0 Å². The van der Waals surface area contributed by atoms with Crippen molar-refractivity contribution in [3.63, 3.8) is 0 Å². The Morgan fingerprint density at radius 1 is 1.10 bits per heavy atom. The van der Waals surface area contributed by atoms with Gasteiger partial charge in [-0.25, -0.2) is 9.78 Å². The maximum absolute atomic E-state index is 12.2. The van der Waals surface area contributed by atoms with Gasteiger partial charge in [0.25, 0.3) is 0 Å². The predicted molar refractivity (Wildman–Crippen MR) is 123 cm³/mol. The number of H-pyrrole nitrogens is 1. The molecule has 0 aliphatic heterocycles. The van der Waals surface area contributed by atoms with Gasteiger partial charge in [-0.1, -0.05) is 72.3 Å². The van der Waals surface area contributed by atoms with Crippen LogP contribution in [0.5, 0.6) is 0 Å². The molecule has 0 unspecified atom stereocenters. The Bertz CT molecular complexity index is 1250. The smallest absolute Gasteiger partial charge is 0.407 e. The Kier molecular flexibility index (Phi) is 5.18. The van der Waals surface area contributed by atoms with Crippen LogP contribution in [0.2, 0.25) is 5.02 Å². The summed E-state index contributed by atoms with van der Waals surface area (Å²) in [6, 6.07) is 18.3. The summed E-state index contributed by atoms with van der Waals surface area (Å²) in [4.78, 5) is 19.6. The standard InChI is InChI=1S/C25H20ClN3O2/c26-22-11-13-27-24-23(22)16(14-29-24)6-5-12-28-25(30)31-15-21-19-9-3-1-7-17(19)18-8-2-4-10-20(18)21/h1-11,13-14,21H,12,15H2,(H,27,29)(H,28,30). The van der Waals surface area contributed by atoms with Crippen LogP contribution in [0.25, 0.3) is 28.2 Å². The molecule has 5 nitrogen and oxygen atoms in total. The van der Waals surface area contributed by atoms with Gasteiger partial charge in [-0.3, -0.25) is 0 Å². The van der Waals surface area contributed by atoms with Crippen molar-refractivity contribution < 1.29 is 9.53 Å². The number of alkyl carbamates (subject to hydrolysis) is 1. The molecule has 0 saturated heterocycles. The fraction of sp³-hybridized carbons (Fsp3) is 0.120. The van der Waals surface area contributed by atoms with Crippen LogP contribution in [0.1, 0.15) is 22.6 Å². The average Bonchev–Trinajstić information content (AvgIpc) is 3.35. The number of hydrogen-bond donors (Lipinski definition) is 2. The van der Waals surface area contributed by atoms with Crippen LogP contribution < -0.4 is 5.32 Å². The molecule has 2 aromatic heterocycles. The van der Waals surface area contributed by atoms with Crippen molar-refractivity contribution >= 4 is 34.8 Å². The average molecular weight is 430 g/mol. The SMILES string of the molecule is O=C(NCC=Cc1c[nH]c2nccc(Cl)c12)OCC1c2ccccc2-c2ccccc21. The van der Waals surface area contributed by atoms with E-state index in [1.807, 2.05) is 42.6 Å². The number of amides is 1. The molecule has 2 heterocycles. The first kappa shape index (κ1) is 19.4. The zero-order valence-corrected chi connectivity index (χ0v) is 17.4. The highest BCUT2D eigenvalue weighted by Crippen LogP contribution is 2.44. The molecule has 0 radical (unpaired) electrons. The molecule has 31 heavy (non-hydrogen) atoms. The molecule has 0 bridgehead atoms. The van der Waals surface area contributed by atoms with Gasteiger partial charge in [0.1, 0.15) is 12.3 Å². The highest BCUT2D eigenvalue weighted by molar-refractivity contribution is 6.35. The molecule has 1 aliphatic rings. The van der Waals surface area contributed by atoms with Crippen LogP contribution in [0.3, 0.4) is 0 Å². The highest BCUT2D eigenvalue weighted by atomic mass is 35.5.